The van der Waals surface area contributed by atoms with Crippen molar-refractivity contribution < 1.29 is 9.59 Å². The molecule has 1 aromatic heterocycles. The number of para-hydroxylation sites is 1. The minimum Gasteiger partial charge on any atom is -0.326 e. The van der Waals surface area contributed by atoms with E-state index >= 15 is 0 Å². The van der Waals surface area contributed by atoms with Crippen molar-refractivity contribution in [1.29, 1.82) is 0 Å². The number of rotatable bonds is 7. The number of carbonyl (C=O) groups is 2. The molecule has 162 valence electrons. The molecule has 2 amide bonds. The topological polar surface area (TPSA) is 62.3 Å². The molecule has 0 aliphatic heterocycles. The van der Waals surface area contributed by atoms with E-state index in [1.54, 1.807) is 23.3 Å². The van der Waals surface area contributed by atoms with Gasteiger partial charge in [-0.3, -0.25) is 9.59 Å². The summed E-state index contributed by atoms with van der Waals surface area (Å²) in [4.78, 5) is 30.9. The Bertz CT molecular complexity index is 1230. The Morgan fingerprint density at radius 3 is 2.47 bits per heavy atom. The number of nitrogens with one attached hydrogen (secondary N) is 1. The van der Waals surface area contributed by atoms with Gasteiger partial charge in [0.2, 0.25) is 11.8 Å². The van der Waals surface area contributed by atoms with E-state index in [2.05, 4.69) is 24.4 Å². The third-order valence-electron chi connectivity index (χ3n) is 5.27. The van der Waals surface area contributed by atoms with Gasteiger partial charge in [-0.2, -0.15) is 0 Å². The zero-order chi connectivity index (χ0) is 22.5. The molecule has 6 heteroatoms. The zero-order valence-electron chi connectivity index (χ0n) is 18.2. The number of benzene rings is 3. The molecule has 0 saturated carbocycles. The molecule has 0 aliphatic carbocycles. The van der Waals surface area contributed by atoms with E-state index in [0.717, 1.165) is 27.5 Å². The number of fused-ring (bicyclic) bond motifs is 1. The Labute approximate surface area is 191 Å². The molecule has 4 aromatic rings. The van der Waals surface area contributed by atoms with Gasteiger partial charge in [0.05, 0.1) is 10.2 Å². The fourth-order valence-corrected chi connectivity index (χ4v) is 4.51. The van der Waals surface area contributed by atoms with Crippen LogP contribution in [0.25, 0.3) is 20.8 Å². The van der Waals surface area contributed by atoms with Crippen LogP contribution in [0.5, 0.6) is 0 Å². The number of aromatic nitrogens is 1. The quantitative estimate of drug-likeness (QED) is 0.379. The summed E-state index contributed by atoms with van der Waals surface area (Å²) in [6.07, 6.45) is 1.13. The van der Waals surface area contributed by atoms with Gasteiger partial charge >= 0.3 is 0 Å². The second kappa shape index (κ2) is 9.75. The van der Waals surface area contributed by atoms with Crippen LogP contribution >= 0.6 is 11.3 Å². The SMILES string of the molecule is Cc1ccc2nc(-c3ccc(NC(=O)CCCC(=O)N(C)c4ccccc4)cc3)sc2c1. The van der Waals surface area contributed by atoms with E-state index in [4.69, 9.17) is 4.98 Å². The van der Waals surface area contributed by atoms with Crippen molar-refractivity contribution in [1.82, 2.24) is 4.98 Å². The van der Waals surface area contributed by atoms with E-state index in [1.807, 2.05) is 60.7 Å². The van der Waals surface area contributed by atoms with Gasteiger partial charge in [0.15, 0.2) is 0 Å². The lowest BCUT2D eigenvalue weighted by Crippen LogP contribution is -2.26. The lowest BCUT2D eigenvalue weighted by Gasteiger charge is -2.17. The Morgan fingerprint density at radius 1 is 0.969 bits per heavy atom. The van der Waals surface area contributed by atoms with Crippen LogP contribution in [0.1, 0.15) is 24.8 Å². The van der Waals surface area contributed by atoms with Gasteiger partial charge in [-0.1, -0.05) is 24.3 Å². The molecule has 0 bridgehead atoms. The van der Waals surface area contributed by atoms with Crippen LogP contribution in [-0.4, -0.2) is 23.8 Å². The minimum atomic E-state index is -0.0941. The van der Waals surface area contributed by atoms with Gasteiger partial charge in [0.1, 0.15) is 5.01 Å². The number of carbonyl (C=O) groups excluding carboxylic acids is 2. The van der Waals surface area contributed by atoms with E-state index in [0.29, 0.717) is 19.3 Å². The number of aryl methyl sites for hydroxylation is 1. The molecule has 0 saturated heterocycles. The fraction of sp³-hybridized carbons (Fsp3) is 0.192. The molecule has 0 unspecified atom stereocenters. The second-order valence-corrected chi connectivity index (χ2v) is 8.79. The summed E-state index contributed by atoms with van der Waals surface area (Å²) < 4.78 is 1.17. The standard InChI is InChI=1S/C26H25N3O2S/c1-18-11-16-22-23(17-18)32-26(28-22)19-12-14-20(15-13-19)27-24(30)9-6-10-25(31)29(2)21-7-4-3-5-8-21/h3-5,7-8,11-17H,6,9-10H2,1-2H3,(H,27,30). The summed E-state index contributed by atoms with van der Waals surface area (Å²) in [7, 11) is 1.76. The lowest BCUT2D eigenvalue weighted by molar-refractivity contribution is -0.118. The van der Waals surface area contributed by atoms with Gasteiger partial charge in [-0.25, -0.2) is 4.98 Å². The summed E-state index contributed by atoms with van der Waals surface area (Å²) in [6.45, 7) is 2.08. The van der Waals surface area contributed by atoms with Gasteiger partial charge in [-0.05, 0) is 67.4 Å². The number of hydrogen-bond donors (Lipinski definition) is 1. The highest BCUT2D eigenvalue weighted by molar-refractivity contribution is 7.21. The molecule has 1 heterocycles. The van der Waals surface area contributed by atoms with Crippen molar-refractivity contribution in [2.24, 2.45) is 0 Å². The number of amides is 2. The molecule has 0 aliphatic rings. The van der Waals surface area contributed by atoms with E-state index < -0.39 is 0 Å². The monoisotopic (exact) mass is 443 g/mol. The van der Waals surface area contributed by atoms with Gasteiger partial charge in [-0.15, -0.1) is 11.3 Å². The average molecular weight is 444 g/mol. The maximum atomic E-state index is 12.3. The molecule has 3 aromatic carbocycles. The van der Waals surface area contributed by atoms with Crippen LogP contribution in [0.3, 0.4) is 0 Å². The Hall–Kier alpha value is -3.51. The maximum absolute atomic E-state index is 12.3. The lowest BCUT2D eigenvalue weighted by atomic mass is 10.2. The van der Waals surface area contributed by atoms with Crippen molar-refractivity contribution >= 4 is 44.7 Å². The Balaban J connectivity index is 1.28. The predicted molar refractivity (Wildman–Crippen MR) is 132 cm³/mol. The van der Waals surface area contributed by atoms with Gasteiger partial charge in [0.25, 0.3) is 0 Å². The largest absolute Gasteiger partial charge is 0.326 e. The van der Waals surface area contributed by atoms with Crippen molar-refractivity contribution in [2.45, 2.75) is 26.2 Å². The molecule has 0 atom stereocenters. The van der Waals surface area contributed by atoms with Crippen LogP contribution in [0, 0.1) is 6.92 Å². The van der Waals surface area contributed by atoms with Crippen LogP contribution in [0.4, 0.5) is 11.4 Å². The van der Waals surface area contributed by atoms with Gasteiger partial charge < -0.3 is 10.2 Å². The number of nitrogens with zero attached hydrogens (tertiary/aromatic N) is 2. The van der Waals surface area contributed by atoms with Crippen molar-refractivity contribution in [3.63, 3.8) is 0 Å². The summed E-state index contributed by atoms with van der Waals surface area (Å²) in [5, 5.41) is 3.87. The van der Waals surface area contributed by atoms with E-state index in [1.165, 1.54) is 10.3 Å². The fourth-order valence-electron chi connectivity index (χ4n) is 3.44. The Kier molecular flexibility index (Phi) is 6.61. The first-order chi connectivity index (χ1) is 15.5. The predicted octanol–water partition coefficient (Wildman–Crippen LogP) is 6.04. The summed E-state index contributed by atoms with van der Waals surface area (Å²) >= 11 is 1.66. The first-order valence-corrected chi connectivity index (χ1v) is 11.4. The molecule has 4 rings (SSSR count). The van der Waals surface area contributed by atoms with Crippen LogP contribution in [0.2, 0.25) is 0 Å². The molecule has 0 spiro atoms. The molecular weight excluding hydrogens is 418 g/mol. The van der Waals surface area contributed by atoms with Gasteiger partial charge in [0, 0.05) is 36.8 Å². The van der Waals surface area contributed by atoms with Crippen LogP contribution in [-0.2, 0) is 9.59 Å². The highest BCUT2D eigenvalue weighted by Gasteiger charge is 2.12. The van der Waals surface area contributed by atoms with Crippen LogP contribution in [0.15, 0.2) is 72.8 Å². The second-order valence-electron chi connectivity index (χ2n) is 7.76. The zero-order valence-corrected chi connectivity index (χ0v) is 19.0. The van der Waals surface area contributed by atoms with E-state index in [-0.39, 0.29) is 11.8 Å². The Morgan fingerprint density at radius 2 is 1.72 bits per heavy atom. The average Bonchev–Trinajstić information content (AvgIpc) is 3.22. The maximum Gasteiger partial charge on any atom is 0.226 e. The highest BCUT2D eigenvalue weighted by atomic mass is 32.1. The summed E-state index contributed by atoms with van der Waals surface area (Å²) in [5.74, 6) is -0.0947. The first-order valence-electron chi connectivity index (χ1n) is 10.6. The minimum absolute atomic E-state index is 0.000573. The number of thiazole rings is 1. The summed E-state index contributed by atoms with van der Waals surface area (Å²) in [5.41, 5.74) is 4.84. The molecular formula is C26H25N3O2S. The number of anilines is 2. The smallest absolute Gasteiger partial charge is 0.226 e. The molecule has 5 nitrogen and oxygen atoms in total. The summed E-state index contributed by atoms with van der Waals surface area (Å²) in [6, 6.07) is 23.5. The molecule has 0 fully saturated rings. The normalized spacial score (nSPS) is 10.8. The third kappa shape index (κ3) is 5.21. The first kappa shape index (κ1) is 21.7. The van der Waals surface area contributed by atoms with E-state index in [9.17, 15) is 9.59 Å². The van der Waals surface area contributed by atoms with Crippen molar-refractivity contribution in [3.8, 4) is 10.6 Å². The third-order valence-corrected chi connectivity index (χ3v) is 6.34. The van der Waals surface area contributed by atoms with Crippen molar-refractivity contribution in [3.05, 3.63) is 78.4 Å². The number of hydrogen-bond acceptors (Lipinski definition) is 4. The van der Waals surface area contributed by atoms with Crippen molar-refractivity contribution in [2.75, 3.05) is 17.3 Å². The molecule has 0 radical (unpaired) electrons. The molecule has 1 N–H and O–H groups in total. The highest BCUT2D eigenvalue weighted by Crippen LogP contribution is 2.31. The van der Waals surface area contributed by atoms with Crippen LogP contribution < -0.4 is 10.2 Å². The molecule has 32 heavy (non-hydrogen) atoms.